The van der Waals surface area contributed by atoms with Crippen molar-refractivity contribution in [2.24, 2.45) is 5.73 Å². The van der Waals surface area contributed by atoms with Crippen LogP contribution in [0.25, 0.3) is 0 Å². The molecule has 1 atom stereocenters. The number of benzene rings is 2. The van der Waals surface area contributed by atoms with Gasteiger partial charge in [0.15, 0.2) is 0 Å². The van der Waals surface area contributed by atoms with Gasteiger partial charge in [-0.05, 0) is 48.7 Å². The van der Waals surface area contributed by atoms with Crippen molar-refractivity contribution in [3.05, 3.63) is 62.6 Å². The van der Waals surface area contributed by atoms with E-state index in [-0.39, 0.29) is 6.04 Å². The predicted octanol–water partition coefficient (Wildman–Crippen LogP) is 4.67. The van der Waals surface area contributed by atoms with Gasteiger partial charge in [-0.1, -0.05) is 35.3 Å². The summed E-state index contributed by atoms with van der Waals surface area (Å²) < 4.78 is 5.51. The smallest absolute Gasteiger partial charge is 0.127 e. The number of ether oxygens (including phenoxy) is 1. The highest BCUT2D eigenvalue weighted by Gasteiger charge is 2.19. The van der Waals surface area contributed by atoms with Crippen LogP contribution in [0.1, 0.15) is 28.3 Å². The van der Waals surface area contributed by atoms with Gasteiger partial charge in [0.05, 0.1) is 13.2 Å². The van der Waals surface area contributed by atoms with E-state index in [1.165, 1.54) is 0 Å². The molecule has 1 unspecified atom stereocenters. The zero-order valence-electron chi connectivity index (χ0n) is 11.7. The van der Waals surface area contributed by atoms with E-state index >= 15 is 0 Å². The molecule has 0 saturated heterocycles. The van der Waals surface area contributed by atoms with Gasteiger partial charge >= 0.3 is 0 Å². The van der Waals surface area contributed by atoms with Crippen LogP contribution in [0.4, 0.5) is 0 Å². The summed E-state index contributed by atoms with van der Waals surface area (Å²) in [6.45, 7) is 4.06. The predicted molar refractivity (Wildman–Crippen MR) is 85.0 cm³/mol. The molecule has 2 aromatic rings. The number of nitrogens with two attached hydrogens (primary N) is 1. The molecule has 0 aliphatic heterocycles. The molecule has 20 heavy (non-hydrogen) atoms. The molecule has 0 saturated carbocycles. The molecule has 2 nitrogen and oxygen atoms in total. The first-order chi connectivity index (χ1) is 9.45. The maximum absolute atomic E-state index is 6.36. The molecule has 0 fully saturated rings. The summed E-state index contributed by atoms with van der Waals surface area (Å²) in [7, 11) is 1.65. The third-order valence-corrected chi connectivity index (χ3v) is 4.12. The van der Waals surface area contributed by atoms with Crippen molar-refractivity contribution in [2.45, 2.75) is 19.9 Å². The largest absolute Gasteiger partial charge is 0.496 e. The Morgan fingerprint density at radius 1 is 1.05 bits per heavy atom. The van der Waals surface area contributed by atoms with E-state index < -0.39 is 0 Å². The summed E-state index contributed by atoms with van der Waals surface area (Å²) >= 11 is 12.3. The fourth-order valence-electron chi connectivity index (χ4n) is 2.25. The maximum Gasteiger partial charge on any atom is 0.127 e. The van der Waals surface area contributed by atoms with Crippen LogP contribution < -0.4 is 10.5 Å². The highest BCUT2D eigenvalue weighted by atomic mass is 35.5. The van der Waals surface area contributed by atoms with E-state index in [1.54, 1.807) is 25.3 Å². The molecule has 0 bridgehead atoms. The van der Waals surface area contributed by atoms with Crippen molar-refractivity contribution >= 4 is 23.2 Å². The van der Waals surface area contributed by atoms with Crippen molar-refractivity contribution < 1.29 is 4.74 Å². The zero-order chi connectivity index (χ0) is 14.9. The molecule has 2 rings (SSSR count). The lowest BCUT2D eigenvalue weighted by Crippen LogP contribution is -2.14. The number of methoxy groups -OCH3 is 1. The topological polar surface area (TPSA) is 35.2 Å². The van der Waals surface area contributed by atoms with E-state index in [0.29, 0.717) is 10.0 Å². The Kier molecular flexibility index (Phi) is 4.59. The Bertz CT molecular complexity index is 641. The normalized spacial score (nSPS) is 12.3. The van der Waals surface area contributed by atoms with Gasteiger partial charge in [-0.3, -0.25) is 0 Å². The highest BCUT2D eigenvalue weighted by Crippen LogP contribution is 2.36. The summed E-state index contributed by atoms with van der Waals surface area (Å²) in [5, 5.41) is 1.21. The SMILES string of the molecule is COc1c(C(N)c2cc(Cl)ccc2Cl)ccc(C)c1C. The van der Waals surface area contributed by atoms with Crippen LogP contribution in [0.5, 0.6) is 5.75 Å². The lowest BCUT2D eigenvalue weighted by atomic mass is 9.95. The lowest BCUT2D eigenvalue weighted by molar-refractivity contribution is 0.404. The van der Waals surface area contributed by atoms with Gasteiger partial charge in [0.1, 0.15) is 5.75 Å². The molecule has 0 spiro atoms. The molecule has 0 amide bonds. The summed E-state index contributed by atoms with van der Waals surface area (Å²) in [5.74, 6) is 0.800. The molecule has 0 aliphatic carbocycles. The molecule has 0 aliphatic rings. The van der Waals surface area contributed by atoms with Gasteiger partial charge in [0, 0.05) is 15.6 Å². The Balaban J connectivity index is 2.56. The minimum Gasteiger partial charge on any atom is -0.496 e. The zero-order valence-corrected chi connectivity index (χ0v) is 13.2. The minimum atomic E-state index is -0.379. The first-order valence-corrected chi connectivity index (χ1v) is 7.06. The lowest BCUT2D eigenvalue weighted by Gasteiger charge is -2.20. The number of rotatable bonds is 3. The van der Waals surface area contributed by atoms with Crippen molar-refractivity contribution in [3.8, 4) is 5.75 Å². The molecule has 2 aromatic carbocycles. The number of hydrogen-bond acceptors (Lipinski definition) is 2. The van der Waals surface area contributed by atoms with Crippen LogP contribution in [0, 0.1) is 13.8 Å². The van der Waals surface area contributed by atoms with Crippen molar-refractivity contribution in [2.75, 3.05) is 7.11 Å². The first-order valence-electron chi connectivity index (χ1n) is 6.30. The van der Waals surface area contributed by atoms with Gasteiger partial charge in [-0.15, -0.1) is 0 Å². The Morgan fingerprint density at radius 2 is 1.75 bits per heavy atom. The van der Waals surface area contributed by atoms with Gasteiger partial charge in [-0.25, -0.2) is 0 Å². The molecular formula is C16H17Cl2NO. The Hall–Kier alpha value is -1.22. The number of aryl methyl sites for hydroxylation is 1. The maximum atomic E-state index is 6.36. The molecule has 4 heteroatoms. The summed E-state index contributed by atoms with van der Waals surface area (Å²) in [6.07, 6.45) is 0. The van der Waals surface area contributed by atoms with Crippen molar-refractivity contribution in [1.82, 2.24) is 0 Å². The van der Waals surface area contributed by atoms with Crippen LogP contribution in [0.2, 0.25) is 10.0 Å². The minimum absolute atomic E-state index is 0.379. The molecule has 106 valence electrons. The third kappa shape index (κ3) is 2.78. The standard InChI is InChI=1S/C16H17Cl2NO/c1-9-4-6-12(16(20-3)10(9)2)15(19)13-8-11(17)5-7-14(13)18/h4-8,15H,19H2,1-3H3. The van der Waals surface area contributed by atoms with Gasteiger partial charge in [-0.2, -0.15) is 0 Å². The second kappa shape index (κ2) is 6.04. The molecule has 0 radical (unpaired) electrons. The fraction of sp³-hybridized carbons (Fsp3) is 0.250. The molecular weight excluding hydrogens is 293 g/mol. The van der Waals surface area contributed by atoms with Gasteiger partial charge in [0.25, 0.3) is 0 Å². The van der Waals surface area contributed by atoms with Crippen LogP contribution in [0.3, 0.4) is 0 Å². The van der Waals surface area contributed by atoms with Gasteiger partial charge < -0.3 is 10.5 Å². The fourth-order valence-corrected chi connectivity index (χ4v) is 2.66. The Labute approximate surface area is 129 Å². The average Bonchev–Trinajstić information content (AvgIpc) is 2.43. The quantitative estimate of drug-likeness (QED) is 0.894. The summed E-state index contributed by atoms with van der Waals surface area (Å²) in [4.78, 5) is 0. The van der Waals surface area contributed by atoms with Crippen molar-refractivity contribution in [1.29, 1.82) is 0 Å². The van der Waals surface area contributed by atoms with E-state index in [9.17, 15) is 0 Å². The van der Waals surface area contributed by atoms with Crippen molar-refractivity contribution in [3.63, 3.8) is 0 Å². The second-order valence-electron chi connectivity index (χ2n) is 4.77. The second-order valence-corrected chi connectivity index (χ2v) is 5.62. The van der Waals surface area contributed by atoms with E-state index in [4.69, 9.17) is 33.7 Å². The van der Waals surface area contributed by atoms with E-state index in [1.807, 2.05) is 26.0 Å². The summed E-state index contributed by atoms with van der Waals surface area (Å²) in [6, 6.07) is 8.93. The van der Waals surface area contributed by atoms with Crippen LogP contribution in [0.15, 0.2) is 30.3 Å². The molecule has 0 aromatic heterocycles. The Morgan fingerprint density at radius 3 is 2.40 bits per heavy atom. The van der Waals surface area contributed by atoms with Crippen LogP contribution in [-0.4, -0.2) is 7.11 Å². The first kappa shape index (κ1) is 15.2. The van der Waals surface area contributed by atoms with E-state index in [0.717, 1.165) is 28.0 Å². The van der Waals surface area contributed by atoms with Gasteiger partial charge in [0.2, 0.25) is 0 Å². The third-order valence-electron chi connectivity index (χ3n) is 3.54. The average molecular weight is 310 g/mol. The number of hydrogen-bond donors (Lipinski definition) is 1. The van der Waals surface area contributed by atoms with Crippen LogP contribution in [-0.2, 0) is 0 Å². The van der Waals surface area contributed by atoms with Crippen LogP contribution >= 0.6 is 23.2 Å². The highest BCUT2D eigenvalue weighted by molar-refractivity contribution is 6.33. The molecule has 0 heterocycles. The summed E-state index contributed by atoms with van der Waals surface area (Å²) in [5.41, 5.74) is 10.3. The van der Waals surface area contributed by atoms with E-state index in [2.05, 4.69) is 0 Å². The number of halogens is 2. The monoisotopic (exact) mass is 309 g/mol. The molecule has 2 N–H and O–H groups in total.